The monoisotopic (exact) mass is 616 g/mol. The first-order valence-corrected chi connectivity index (χ1v) is 14.9. The molecule has 1 aromatic carbocycles. The Balaban J connectivity index is 1.72. The molecule has 45 heavy (non-hydrogen) atoms. The van der Waals surface area contributed by atoms with E-state index in [4.69, 9.17) is 14.5 Å². The fraction of sp³-hybridized carbons (Fsp3) is 0.424. The van der Waals surface area contributed by atoms with Gasteiger partial charge in [0.15, 0.2) is 0 Å². The van der Waals surface area contributed by atoms with E-state index in [9.17, 15) is 19.2 Å². The van der Waals surface area contributed by atoms with Crippen molar-refractivity contribution in [3.05, 3.63) is 53.9 Å². The summed E-state index contributed by atoms with van der Waals surface area (Å²) in [5, 5.41) is 7.66. The standard InChI is InChI=1S/C33H40N6O6/c1-8-44-31(42)30(41)35-21(3)28(40)26-15-20(2)27(23-12-9-11-22(16-23)24-17-34-38(7)18-24)37-29(26)36-25-13-10-14-39(19-25)32(43)45-33(4,5)6/h9,11-12,15-18,25H,8,10,13-14,19H2,1-7H3,(H,36,37). The van der Waals surface area contributed by atoms with E-state index >= 15 is 0 Å². The molecule has 3 heterocycles. The Morgan fingerprint density at radius 3 is 2.51 bits per heavy atom. The molecule has 0 radical (unpaired) electrons. The van der Waals surface area contributed by atoms with E-state index in [0.717, 1.165) is 35.1 Å². The highest BCUT2D eigenvalue weighted by Crippen LogP contribution is 2.31. The molecule has 2 aromatic heterocycles. The lowest BCUT2D eigenvalue weighted by atomic mass is 9.98. The van der Waals surface area contributed by atoms with Crippen molar-refractivity contribution in [1.82, 2.24) is 19.7 Å². The Bertz CT molecular complexity index is 1640. The molecule has 1 fully saturated rings. The van der Waals surface area contributed by atoms with Crippen LogP contribution in [0.25, 0.3) is 22.4 Å². The maximum absolute atomic E-state index is 13.7. The van der Waals surface area contributed by atoms with Gasteiger partial charge >= 0.3 is 18.0 Å². The van der Waals surface area contributed by atoms with Gasteiger partial charge in [-0.05, 0) is 77.6 Å². The van der Waals surface area contributed by atoms with Gasteiger partial charge in [-0.1, -0.05) is 18.2 Å². The molecule has 0 spiro atoms. The number of hydrogen-bond acceptors (Lipinski definition) is 9. The van der Waals surface area contributed by atoms with E-state index in [-0.39, 0.29) is 29.7 Å². The third kappa shape index (κ3) is 8.40. The molecule has 1 N–H and O–H groups in total. The van der Waals surface area contributed by atoms with Crippen molar-refractivity contribution in [3.8, 4) is 22.4 Å². The molecule has 1 aliphatic rings. The summed E-state index contributed by atoms with van der Waals surface area (Å²) in [6.45, 7) is 11.2. The largest absolute Gasteiger partial charge is 0.459 e. The van der Waals surface area contributed by atoms with Gasteiger partial charge in [-0.2, -0.15) is 5.10 Å². The number of ketones is 1. The van der Waals surface area contributed by atoms with E-state index in [0.29, 0.717) is 18.8 Å². The number of hydrogen-bond donors (Lipinski definition) is 1. The van der Waals surface area contributed by atoms with Crippen LogP contribution in [-0.4, -0.2) is 80.5 Å². The number of piperidine rings is 1. The lowest BCUT2D eigenvalue weighted by Gasteiger charge is -2.35. The van der Waals surface area contributed by atoms with Crippen LogP contribution in [0.3, 0.4) is 0 Å². The van der Waals surface area contributed by atoms with Crippen molar-refractivity contribution in [2.45, 2.75) is 66.0 Å². The quantitative estimate of drug-likeness (QED) is 0.168. The molecular formula is C33H40N6O6. The van der Waals surface area contributed by atoms with Crippen LogP contribution in [0.4, 0.5) is 10.6 Å². The summed E-state index contributed by atoms with van der Waals surface area (Å²) < 4.78 is 12.0. The number of benzene rings is 1. The summed E-state index contributed by atoms with van der Waals surface area (Å²) in [6.07, 6.45) is 4.75. The molecule has 238 valence electrons. The Hall–Kier alpha value is -4.87. The first kappa shape index (κ1) is 33.0. The number of ether oxygens (including phenoxy) is 2. The van der Waals surface area contributed by atoms with Gasteiger partial charge in [0, 0.05) is 43.5 Å². The van der Waals surface area contributed by atoms with E-state index < -0.39 is 29.4 Å². The highest BCUT2D eigenvalue weighted by molar-refractivity contribution is 6.49. The molecule has 0 aliphatic carbocycles. The fourth-order valence-corrected chi connectivity index (χ4v) is 5.02. The average molecular weight is 617 g/mol. The minimum absolute atomic E-state index is 0.00934. The number of esters is 1. The zero-order valence-electron chi connectivity index (χ0n) is 26.8. The summed E-state index contributed by atoms with van der Waals surface area (Å²) in [5.41, 5.74) is 3.48. The number of carbonyl (C=O) groups excluding carboxylic acids is 4. The molecule has 1 saturated heterocycles. The Kier molecular flexibility index (Phi) is 10.2. The van der Waals surface area contributed by atoms with Gasteiger partial charge in [-0.3, -0.25) is 14.3 Å². The molecule has 12 heteroatoms. The zero-order valence-corrected chi connectivity index (χ0v) is 26.8. The lowest BCUT2D eigenvalue weighted by molar-refractivity contribution is -0.152. The maximum atomic E-state index is 13.7. The maximum Gasteiger partial charge on any atom is 0.410 e. The number of aliphatic imine (C=N–C) groups is 1. The van der Waals surface area contributed by atoms with Crippen LogP contribution in [0.5, 0.6) is 0 Å². The number of aryl methyl sites for hydroxylation is 2. The zero-order chi connectivity index (χ0) is 32.9. The van der Waals surface area contributed by atoms with Crippen LogP contribution >= 0.6 is 0 Å². The molecule has 0 saturated carbocycles. The van der Waals surface area contributed by atoms with Gasteiger partial charge < -0.3 is 19.7 Å². The number of amides is 2. The number of anilines is 1. The number of aromatic nitrogens is 3. The molecule has 1 aliphatic heterocycles. The third-order valence-corrected chi connectivity index (χ3v) is 7.09. The summed E-state index contributed by atoms with van der Waals surface area (Å²) in [5.74, 6) is -2.58. The van der Waals surface area contributed by atoms with E-state index in [1.54, 1.807) is 28.8 Å². The fourth-order valence-electron chi connectivity index (χ4n) is 5.02. The van der Waals surface area contributed by atoms with Gasteiger partial charge in [0.05, 0.1) is 29.8 Å². The SMILES string of the molecule is CCOC(=O)C(=O)N=C(C)C(=O)c1cc(C)c(-c2cccc(-c3cnn(C)c3)c2)nc1NC1CCCN(C(=O)OC(C)(C)C)C1. The lowest BCUT2D eigenvalue weighted by Crippen LogP contribution is -2.47. The first-order chi connectivity index (χ1) is 21.3. The normalized spacial score (nSPS) is 15.4. The van der Waals surface area contributed by atoms with E-state index in [1.165, 1.54) is 6.92 Å². The molecule has 2 amide bonds. The number of Topliss-reactive ketones (excluding diaryl/α,β-unsaturated/α-hetero) is 1. The molecular weight excluding hydrogens is 576 g/mol. The Morgan fingerprint density at radius 1 is 1.11 bits per heavy atom. The van der Waals surface area contributed by atoms with Crippen molar-refractivity contribution in [2.75, 3.05) is 25.0 Å². The highest BCUT2D eigenvalue weighted by atomic mass is 16.6. The second-order valence-electron chi connectivity index (χ2n) is 12.0. The Labute approximate surface area is 262 Å². The van der Waals surface area contributed by atoms with Crippen molar-refractivity contribution >= 4 is 35.3 Å². The molecule has 0 bridgehead atoms. The predicted molar refractivity (Wildman–Crippen MR) is 170 cm³/mol. The van der Waals surface area contributed by atoms with Crippen molar-refractivity contribution in [2.24, 2.45) is 12.0 Å². The molecule has 12 nitrogen and oxygen atoms in total. The van der Waals surface area contributed by atoms with Crippen molar-refractivity contribution in [3.63, 3.8) is 0 Å². The average Bonchev–Trinajstić information content (AvgIpc) is 3.43. The number of pyridine rings is 1. The smallest absolute Gasteiger partial charge is 0.410 e. The summed E-state index contributed by atoms with van der Waals surface area (Å²) in [4.78, 5) is 60.9. The minimum atomic E-state index is -1.16. The number of nitrogens with one attached hydrogen (secondary N) is 1. The second-order valence-corrected chi connectivity index (χ2v) is 12.0. The van der Waals surface area contributed by atoms with Gasteiger partial charge in [-0.15, -0.1) is 0 Å². The number of rotatable bonds is 7. The predicted octanol–water partition coefficient (Wildman–Crippen LogP) is 5.00. The van der Waals surface area contributed by atoms with Crippen molar-refractivity contribution < 1.29 is 28.7 Å². The van der Waals surface area contributed by atoms with Crippen molar-refractivity contribution in [1.29, 1.82) is 0 Å². The minimum Gasteiger partial charge on any atom is -0.459 e. The van der Waals surface area contributed by atoms with E-state index in [2.05, 4.69) is 15.4 Å². The van der Waals surface area contributed by atoms with Gasteiger partial charge in [-0.25, -0.2) is 19.6 Å². The van der Waals surface area contributed by atoms with Crippen LogP contribution < -0.4 is 5.32 Å². The summed E-state index contributed by atoms with van der Waals surface area (Å²) in [6, 6.07) is 9.33. The van der Waals surface area contributed by atoms with Gasteiger partial charge in [0.1, 0.15) is 11.4 Å². The number of nitrogens with zero attached hydrogens (tertiary/aromatic N) is 5. The first-order valence-electron chi connectivity index (χ1n) is 14.9. The molecule has 3 aromatic rings. The second kappa shape index (κ2) is 13.8. The van der Waals surface area contributed by atoms with Gasteiger partial charge in [0.25, 0.3) is 0 Å². The van der Waals surface area contributed by atoms with Crippen LogP contribution in [0.2, 0.25) is 0 Å². The molecule has 1 atom stereocenters. The van der Waals surface area contributed by atoms with E-state index in [1.807, 2.05) is 65.2 Å². The molecule has 4 rings (SSSR count). The van der Waals surface area contributed by atoms with Crippen LogP contribution in [-0.2, 0) is 26.1 Å². The topological polar surface area (TPSA) is 145 Å². The number of likely N-dealkylation sites (tertiary alicyclic amines) is 1. The number of carbonyl (C=O) groups is 4. The summed E-state index contributed by atoms with van der Waals surface area (Å²) >= 11 is 0. The summed E-state index contributed by atoms with van der Waals surface area (Å²) in [7, 11) is 1.85. The van der Waals surface area contributed by atoms with Crippen LogP contribution in [0.1, 0.15) is 63.4 Å². The van der Waals surface area contributed by atoms with Crippen LogP contribution in [0, 0.1) is 6.92 Å². The highest BCUT2D eigenvalue weighted by Gasteiger charge is 2.29. The Morgan fingerprint density at radius 2 is 1.84 bits per heavy atom. The third-order valence-electron chi connectivity index (χ3n) is 7.09. The van der Waals surface area contributed by atoms with Gasteiger partial charge in [0.2, 0.25) is 5.78 Å². The molecule has 1 unspecified atom stereocenters. The van der Waals surface area contributed by atoms with Crippen LogP contribution in [0.15, 0.2) is 47.7 Å².